The van der Waals surface area contributed by atoms with Gasteiger partial charge in [-0.25, -0.2) is 0 Å². The number of benzene rings is 1. The van der Waals surface area contributed by atoms with E-state index in [1.165, 1.54) is 0 Å². The highest BCUT2D eigenvalue weighted by molar-refractivity contribution is 9.10. The van der Waals surface area contributed by atoms with E-state index in [0.29, 0.717) is 17.0 Å². The Morgan fingerprint density at radius 2 is 2.00 bits per heavy atom. The van der Waals surface area contributed by atoms with Crippen LogP contribution in [0, 0.1) is 20.8 Å². The summed E-state index contributed by atoms with van der Waals surface area (Å²) in [6.07, 6.45) is 0. The molecule has 19 heavy (non-hydrogen) atoms. The minimum absolute atomic E-state index is 0.0757. The summed E-state index contributed by atoms with van der Waals surface area (Å²) in [7, 11) is 1.73. The number of nitrogens with zero attached hydrogens (tertiary/aromatic N) is 2. The van der Waals surface area contributed by atoms with Crippen molar-refractivity contribution in [3.63, 3.8) is 0 Å². The maximum Gasteiger partial charge on any atom is 0.258 e. The predicted octanol–water partition coefficient (Wildman–Crippen LogP) is 3.64. The van der Waals surface area contributed by atoms with Crippen LogP contribution in [0.1, 0.15) is 27.4 Å². The van der Waals surface area contributed by atoms with Crippen molar-refractivity contribution in [3.8, 4) is 0 Å². The van der Waals surface area contributed by atoms with Gasteiger partial charge >= 0.3 is 0 Å². The minimum atomic E-state index is -0.0757. The Balaban J connectivity index is 2.42. The molecular formula is C14H15BrN2O2. The van der Waals surface area contributed by atoms with Crippen LogP contribution in [0.5, 0.6) is 0 Å². The Morgan fingerprint density at radius 3 is 2.58 bits per heavy atom. The lowest BCUT2D eigenvalue weighted by Gasteiger charge is -2.18. The van der Waals surface area contributed by atoms with Crippen LogP contribution in [0.3, 0.4) is 0 Å². The smallest absolute Gasteiger partial charge is 0.258 e. The van der Waals surface area contributed by atoms with Gasteiger partial charge < -0.3 is 9.42 Å². The lowest BCUT2D eigenvalue weighted by atomic mass is 10.1. The highest BCUT2D eigenvalue weighted by Crippen LogP contribution is 2.26. The fourth-order valence-electron chi connectivity index (χ4n) is 2.08. The van der Waals surface area contributed by atoms with Gasteiger partial charge in [0.1, 0.15) is 11.4 Å². The molecule has 1 aromatic carbocycles. The third kappa shape index (κ3) is 2.42. The van der Waals surface area contributed by atoms with Gasteiger partial charge in [0.15, 0.2) is 5.76 Å². The quantitative estimate of drug-likeness (QED) is 0.848. The van der Waals surface area contributed by atoms with Gasteiger partial charge in [-0.15, -0.1) is 0 Å². The summed E-state index contributed by atoms with van der Waals surface area (Å²) in [4.78, 5) is 14.1. The standard InChI is InChI=1S/C14H15BrN2O2/c1-8-11(6-5-7-12(8)15)14(18)17(4)13-9(2)16-19-10(13)3/h5-7H,1-4H3. The van der Waals surface area contributed by atoms with E-state index in [4.69, 9.17) is 4.52 Å². The summed E-state index contributed by atoms with van der Waals surface area (Å²) >= 11 is 3.44. The molecule has 5 heteroatoms. The van der Waals surface area contributed by atoms with Crippen LogP contribution in [0.2, 0.25) is 0 Å². The SMILES string of the molecule is Cc1noc(C)c1N(C)C(=O)c1cccc(Br)c1C. The van der Waals surface area contributed by atoms with Gasteiger partial charge in [-0.3, -0.25) is 4.79 Å². The summed E-state index contributed by atoms with van der Waals surface area (Å²) in [5.74, 6) is 0.564. The van der Waals surface area contributed by atoms with Crippen LogP contribution < -0.4 is 4.90 Å². The van der Waals surface area contributed by atoms with E-state index in [0.717, 1.165) is 15.7 Å². The summed E-state index contributed by atoms with van der Waals surface area (Å²) in [6.45, 7) is 5.54. The molecule has 2 aromatic rings. The van der Waals surface area contributed by atoms with E-state index in [1.807, 2.05) is 32.0 Å². The molecule has 100 valence electrons. The lowest BCUT2D eigenvalue weighted by molar-refractivity contribution is 0.0992. The second kappa shape index (κ2) is 5.17. The van der Waals surface area contributed by atoms with E-state index in [9.17, 15) is 4.79 Å². The molecule has 1 aromatic heterocycles. The van der Waals surface area contributed by atoms with Crippen LogP contribution >= 0.6 is 15.9 Å². The zero-order chi connectivity index (χ0) is 14.2. The number of amides is 1. The molecule has 1 heterocycles. The molecule has 0 aliphatic carbocycles. The lowest BCUT2D eigenvalue weighted by Crippen LogP contribution is -2.27. The van der Waals surface area contributed by atoms with E-state index >= 15 is 0 Å². The number of rotatable bonds is 2. The monoisotopic (exact) mass is 322 g/mol. The van der Waals surface area contributed by atoms with Gasteiger partial charge in [0, 0.05) is 17.1 Å². The molecule has 0 saturated carbocycles. The third-order valence-electron chi connectivity index (χ3n) is 3.13. The molecule has 0 fully saturated rings. The zero-order valence-electron chi connectivity index (χ0n) is 11.3. The summed E-state index contributed by atoms with van der Waals surface area (Å²) < 4.78 is 6.03. The van der Waals surface area contributed by atoms with Crippen molar-refractivity contribution >= 4 is 27.5 Å². The van der Waals surface area contributed by atoms with Gasteiger partial charge in [-0.05, 0) is 38.5 Å². The number of aromatic nitrogens is 1. The zero-order valence-corrected chi connectivity index (χ0v) is 12.9. The second-order valence-electron chi connectivity index (χ2n) is 4.45. The molecule has 2 rings (SSSR count). The van der Waals surface area contributed by atoms with Gasteiger partial charge in [-0.1, -0.05) is 27.2 Å². The number of carbonyl (C=O) groups is 1. The first-order chi connectivity index (χ1) is 8.93. The summed E-state index contributed by atoms with van der Waals surface area (Å²) in [5, 5.41) is 3.88. The van der Waals surface area contributed by atoms with Crippen LogP contribution in [-0.2, 0) is 0 Å². The highest BCUT2D eigenvalue weighted by Gasteiger charge is 2.22. The summed E-state index contributed by atoms with van der Waals surface area (Å²) in [5.41, 5.74) is 3.02. The first kappa shape index (κ1) is 13.8. The highest BCUT2D eigenvalue weighted by atomic mass is 79.9. The largest absolute Gasteiger partial charge is 0.359 e. The van der Waals surface area contributed by atoms with E-state index < -0.39 is 0 Å². The normalized spacial score (nSPS) is 10.6. The first-order valence-corrected chi connectivity index (χ1v) is 6.68. The van der Waals surface area contributed by atoms with Crippen LogP contribution in [0.4, 0.5) is 5.69 Å². The molecule has 4 nitrogen and oxygen atoms in total. The molecule has 1 amide bonds. The summed E-state index contributed by atoms with van der Waals surface area (Å²) in [6, 6.07) is 5.59. The fraction of sp³-hybridized carbons (Fsp3) is 0.286. The average Bonchev–Trinajstić information content (AvgIpc) is 2.71. The number of aryl methyl sites for hydroxylation is 2. The Hall–Kier alpha value is -1.62. The number of anilines is 1. The molecular weight excluding hydrogens is 308 g/mol. The number of hydrogen-bond donors (Lipinski definition) is 0. The van der Waals surface area contributed by atoms with Crippen LogP contribution in [0.25, 0.3) is 0 Å². The Morgan fingerprint density at radius 1 is 1.32 bits per heavy atom. The van der Waals surface area contributed by atoms with E-state index in [2.05, 4.69) is 21.1 Å². The average molecular weight is 323 g/mol. The molecule has 0 bridgehead atoms. The predicted molar refractivity (Wildman–Crippen MR) is 77.6 cm³/mol. The molecule has 0 aliphatic rings. The molecule has 0 N–H and O–H groups in total. The Bertz CT molecular complexity index is 615. The van der Waals surface area contributed by atoms with Crippen LogP contribution in [-0.4, -0.2) is 18.1 Å². The Kier molecular flexibility index (Phi) is 3.75. The number of carbonyl (C=O) groups excluding carboxylic acids is 1. The molecule has 0 radical (unpaired) electrons. The van der Waals surface area contributed by atoms with Gasteiger partial charge in [0.05, 0.1) is 0 Å². The van der Waals surface area contributed by atoms with Crippen molar-refractivity contribution in [1.29, 1.82) is 0 Å². The Labute approximate surface area is 120 Å². The van der Waals surface area contributed by atoms with Crippen molar-refractivity contribution in [2.75, 3.05) is 11.9 Å². The maximum atomic E-state index is 12.6. The fourth-order valence-corrected chi connectivity index (χ4v) is 2.44. The number of halogens is 1. The maximum absolute atomic E-state index is 12.6. The van der Waals surface area contributed by atoms with Crippen molar-refractivity contribution in [2.45, 2.75) is 20.8 Å². The van der Waals surface area contributed by atoms with Gasteiger partial charge in [-0.2, -0.15) is 0 Å². The molecule has 0 atom stereocenters. The van der Waals surface area contributed by atoms with Crippen molar-refractivity contribution in [3.05, 3.63) is 45.3 Å². The van der Waals surface area contributed by atoms with Crippen molar-refractivity contribution in [1.82, 2.24) is 5.16 Å². The minimum Gasteiger partial charge on any atom is -0.359 e. The van der Waals surface area contributed by atoms with Gasteiger partial charge in [0.2, 0.25) is 0 Å². The molecule has 0 aliphatic heterocycles. The molecule has 0 unspecified atom stereocenters. The second-order valence-corrected chi connectivity index (χ2v) is 5.30. The topological polar surface area (TPSA) is 46.3 Å². The van der Waals surface area contributed by atoms with E-state index in [1.54, 1.807) is 18.9 Å². The van der Waals surface area contributed by atoms with Gasteiger partial charge in [0.25, 0.3) is 5.91 Å². The third-order valence-corrected chi connectivity index (χ3v) is 3.99. The van der Waals surface area contributed by atoms with Crippen molar-refractivity contribution in [2.24, 2.45) is 0 Å². The van der Waals surface area contributed by atoms with E-state index in [-0.39, 0.29) is 5.91 Å². The first-order valence-electron chi connectivity index (χ1n) is 5.89. The molecule has 0 spiro atoms. The van der Waals surface area contributed by atoms with Crippen LogP contribution in [0.15, 0.2) is 27.2 Å². The number of hydrogen-bond acceptors (Lipinski definition) is 3. The molecule has 0 saturated heterocycles. The van der Waals surface area contributed by atoms with Crippen molar-refractivity contribution < 1.29 is 9.32 Å².